The summed E-state index contributed by atoms with van der Waals surface area (Å²) in [5.41, 5.74) is 1.42. The second-order valence-electron chi connectivity index (χ2n) is 4.14. The van der Waals surface area contributed by atoms with Crippen LogP contribution in [0.25, 0.3) is 0 Å². The predicted octanol–water partition coefficient (Wildman–Crippen LogP) is 3.72. The summed E-state index contributed by atoms with van der Waals surface area (Å²) < 4.78 is 5.57. The van der Waals surface area contributed by atoms with Crippen molar-refractivity contribution in [1.82, 2.24) is 0 Å². The van der Waals surface area contributed by atoms with Crippen LogP contribution in [-0.4, -0.2) is 8.32 Å². The van der Waals surface area contributed by atoms with Gasteiger partial charge < -0.3 is 4.43 Å². The average molecular weight is 193 g/mol. The maximum atomic E-state index is 5.57. The first-order chi connectivity index (χ1) is 4.81. The lowest BCUT2D eigenvalue weighted by Crippen LogP contribution is -2.39. The van der Waals surface area contributed by atoms with Gasteiger partial charge in [-0.15, -0.1) is 0 Å². The molecule has 0 radical (unpaired) electrons. The third-order valence-electron chi connectivity index (χ3n) is 2.22. The van der Waals surface area contributed by atoms with E-state index in [1.807, 2.05) is 0 Å². The molecule has 11 heavy (non-hydrogen) atoms. The third-order valence-corrected chi connectivity index (χ3v) is 6.66. The number of hydrogen-bond donors (Lipinski definition) is 0. The van der Waals surface area contributed by atoms with Gasteiger partial charge in [0, 0.05) is 5.54 Å². The topological polar surface area (TPSA) is 9.23 Å². The van der Waals surface area contributed by atoms with Crippen LogP contribution in [0, 0.1) is 0 Å². The molecule has 0 saturated heterocycles. The first-order valence-electron chi connectivity index (χ1n) is 3.74. The van der Waals surface area contributed by atoms with Crippen molar-refractivity contribution in [1.29, 1.82) is 0 Å². The van der Waals surface area contributed by atoms with Crippen molar-refractivity contribution >= 4 is 19.9 Å². The van der Waals surface area contributed by atoms with E-state index >= 15 is 0 Å². The molecule has 0 aromatic carbocycles. The summed E-state index contributed by atoms with van der Waals surface area (Å²) in [6.07, 6.45) is 1.58. The van der Waals surface area contributed by atoms with Crippen molar-refractivity contribution in [2.75, 3.05) is 0 Å². The van der Waals surface area contributed by atoms with Crippen molar-refractivity contribution in [2.45, 2.75) is 38.9 Å². The molecule has 1 nitrogen and oxygen atoms in total. The van der Waals surface area contributed by atoms with E-state index in [9.17, 15) is 0 Å². The van der Waals surface area contributed by atoms with Gasteiger partial charge in [-0.3, -0.25) is 0 Å². The Morgan fingerprint density at radius 2 is 1.73 bits per heavy atom. The Morgan fingerprint density at radius 3 is 2.00 bits per heavy atom. The zero-order chi connectivity index (χ0) is 9.12. The second kappa shape index (κ2) is 3.63. The van der Waals surface area contributed by atoms with Gasteiger partial charge in [-0.05, 0) is 18.1 Å². The fourth-order valence-electron chi connectivity index (χ4n) is 0.373. The van der Waals surface area contributed by atoms with Gasteiger partial charge in [0.15, 0.2) is 0 Å². The predicted molar refractivity (Wildman–Crippen MR) is 53.3 cm³/mol. The lowest BCUT2D eigenvalue weighted by molar-refractivity contribution is 0.431. The molecule has 0 spiro atoms. The molecule has 0 amide bonds. The highest BCUT2D eigenvalue weighted by Gasteiger charge is 2.37. The number of rotatable bonds is 2. The lowest BCUT2D eigenvalue weighted by atomic mass is 10.2. The van der Waals surface area contributed by atoms with Gasteiger partial charge in [0.2, 0.25) is 8.32 Å². The first kappa shape index (κ1) is 11.0. The zero-order valence-corrected chi connectivity index (χ0v) is 9.70. The number of halogens is 1. The van der Waals surface area contributed by atoms with E-state index in [4.69, 9.17) is 16.0 Å². The lowest BCUT2D eigenvalue weighted by Gasteiger charge is -2.34. The van der Waals surface area contributed by atoms with Crippen LogP contribution in [0.5, 0.6) is 0 Å². The van der Waals surface area contributed by atoms with E-state index < -0.39 is 8.32 Å². The molecule has 0 rings (SSSR count). The van der Waals surface area contributed by atoms with Crippen molar-refractivity contribution in [3.63, 3.8) is 0 Å². The van der Waals surface area contributed by atoms with Gasteiger partial charge in [-0.25, -0.2) is 0 Å². The highest BCUT2D eigenvalue weighted by molar-refractivity contribution is 6.74. The Labute approximate surface area is 75.5 Å². The maximum absolute atomic E-state index is 5.57. The normalized spacial score (nSPS) is 14.0. The summed E-state index contributed by atoms with van der Waals surface area (Å²) in [4.78, 5) is 0. The van der Waals surface area contributed by atoms with E-state index in [1.165, 1.54) is 5.54 Å². The molecule has 0 atom stereocenters. The van der Waals surface area contributed by atoms with Crippen LogP contribution >= 0.6 is 11.6 Å². The van der Waals surface area contributed by atoms with Gasteiger partial charge in [-0.2, -0.15) is 0 Å². The van der Waals surface area contributed by atoms with Gasteiger partial charge in [0.1, 0.15) is 0 Å². The van der Waals surface area contributed by atoms with Crippen molar-refractivity contribution < 1.29 is 4.43 Å². The summed E-state index contributed by atoms with van der Waals surface area (Å²) in [6.45, 7) is 11.0. The average Bonchev–Trinajstić information content (AvgIpc) is 1.81. The summed E-state index contributed by atoms with van der Waals surface area (Å²) >= 11 is 5.37. The van der Waals surface area contributed by atoms with Crippen LogP contribution < -0.4 is 0 Å². The van der Waals surface area contributed by atoms with Crippen LogP contribution in [0.4, 0.5) is 0 Å². The Bertz CT molecular complexity index is 147. The van der Waals surface area contributed by atoms with E-state index in [-0.39, 0.29) is 5.04 Å². The Balaban J connectivity index is 4.22. The minimum atomic E-state index is -1.60. The Hall–Kier alpha value is 0.0469. The fraction of sp³-hybridized carbons (Fsp3) is 0.750. The summed E-state index contributed by atoms with van der Waals surface area (Å²) in [6, 6.07) is 0. The molecule has 66 valence electrons. The van der Waals surface area contributed by atoms with Gasteiger partial charge >= 0.3 is 0 Å². The summed E-state index contributed by atoms with van der Waals surface area (Å²) in [7, 11) is -1.60. The number of hydrogen-bond acceptors (Lipinski definition) is 1. The molecule has 0 unspecified atom stereocenters. The van der Waals surface area contributed by atoms with Crippen LogP contribution in [0.1, 0.15) is 20.8 Å². The molecule has 0 aliphatic heterocycles. The first-order valence-corrected chi connectivity index (χ1v) is 7.09. The van der Waals surface area contributed by atoms with E-state index in [2.05, 4.69) is 33.9 Å². The molecule has 0 aromatic rings. The van der Waals surface area contributed by atoms with Crippen molar-refractivity contribution in [2.24, 2.45) is 0 Å². The van der Waals surface area contributed by atoms with Crippen LogP contribution in [0.3, 0.4) is 0 Å². The summed E-state index contributed by atoms with van der Waals surface area (Å²) in [5, 5.41) is 0.253. The SMILES string of the molecule is CC(C)(C)[Si](C)(C)O/C=C\Cl. The van der Waals surface area contributed by atoms with Gasteiger partial charge in [0.05, 0.1) is 6.26 Å². The molecule has 0 saturated carbocycles. The minimum Gasteiger partial charge on any atom is -0.548 e. The van der Waals surface area contributed by atoms with Crippen LogP contribution in [0.2, 0.25) is 18.1 Å². The smallest absolute Gasteiger partial charge is 0.249 e. The second-order valence-corrected chi connectivity index (χ2v) is 9.15. The molecule has 3 heteroatoms. The molecule has 0 fully saturated rings. The molecular formula is C8H17ClOSi. The van der Waals surface area contributed by atoms with E-state index in [1.54, 1.807) is 6.26 Å². The van der Waals surface area contributed by atoms with Crippen molar-refractivity contribution in [3.8, 4) is 0 Å². The van der Waals surface area contributed by atoms with Crippen LogP contribution in [0.15, 0.2) is 11.8 Å². The molecule has 0 aliphatic rings. The Morgan fingerprint density at radius 1 is 1.27 bits per heavy atom. The van der Waals surface area contributed by atoms with E-state index in [0.717, 1.165) is 0 Å². The largest absolute Gasteiger partial charge is 0.548 e. The Kier molecular flexibility index (Phi) is 3.65. The molecule has 0 aromatic heterocycles. The minimum absolute atomic E-state index is 0.253. The summed E-state index contributed by atoms with van der Waals surface area (Å²) in [5.74, 6) is 0. The van der Waals surface area contributed by atoms with Gasteiger partial charge in [-0.1, -0.05) is 32.4 Å². The van der Waals surface area contributed by atoms with E-state index in [0.29, 0.717) is 0 Å². The fourth-order valence-corrected chi connectivity index (χ4v) is 1.27. The molecule has 0 N–H and O–H groups in total. The molecular weight excluding hydrogens is 176 g/mol. The van der Waals surface area contributed by atoms with Gasteiger partial charge in [0.25, 0.3) is 0 Å². The molecule has 0 heterocycles. The van der Waals surface area contributed by atoms with Crippen molar-refractivity contribution in [3.05, 3.63) is 11.8 Å². The maximum Gasteiger partial charge on any atom is 0.249 e. The monoisotopic (exact) mass is 192 g/mol. The zero-order valence-electron chi connectivity index (χ0n) is 7.94. The highest BCUT2D eigenvalue weighted by atomic mass is 35.5. The molecule has 0 bridgehead atoms. The standard InChI is InChI=1S/C8H17ClOSi/c1-8(2,3)11(4,5)10-7-6-9/h6-7H,1-5H3/b7-6-. The van der Waals surface area contributed by atoms with Crippen LogP contribution in [-0.2, 0) is 4.43 Å². The third kappa shape index (κ3) is 3.30. The highest BCUT2D eigenvalue weighted by Crippen LogP contribution is 2.36. The molecule has 0 aliphatic carbocycles. The quantitative estimate of drug-likeness (QED) is 0.479.